The molecule has 1 atom stereocenters. The normalized spacial score (nSPS) is 17.5. The molecule has 3 rings (SSSR count). The molecule has 6 nitrogen and oxygen atoms in total. The SMILES string of the molecule is CCCCCOc1ccc(C2/C(=C(\O)c3cc(C(C)(C)C)ccc3OC)C(=O)C(=O)N2CCC)cc1. The molecule has 0 bridgehead atoms. The number of carbonyl (C=O) groups excluding carboxylic acids is 2. The number of Topliss-reactive ketones (excluding diaryl/α,β-unsaturated/α-hetero) is 1. The zero-order valence-corrected chi connectivity index (χ0v) is 22.4. The van der Waals surface area contributed by atoms with Gasteiger partial charge in [0.1, 0.15) is 17.3 Å². The highest BCUT2D eigenvalue weighted by Gasteiger charge is 2.46. The van der Waals surface area contributed by atoms with Gasteiger partial charge in [0.2, 0.25) is 0 Å². The Kier molecular flexibility index (Phi) is 8.83. The van der Waals surface area contributed by atoms with Gasteiger partial charge in [0.05, 0.1) is 30.9 Å². The molecule has 0 aromatic heterocycles. The quantitative estimate of drug-likeness (QED) is 0.180. The fraction of sp³-hybridized carbons (Fsp3) is 0.467. The van der Waals surface area contributed by atoms with Gasteiger partial charge in [-0.25, -0.2) is 0 Å². The largest absolute Gasteiger partial charge is 0.507 e. The second kappa shape index (κ2) is 11.6. The minimum Gasteiger partial charge on any atom is -0.507 e. The van der Waals surface area contributed by atoms with Crippen LogP contribution < -0.4 is 9.47 Å². The lowest BCUT2D eigenvalue weighted by Crippen LogP contribution is -2.30. The molecular formula is C30H39NO5. The van der Waals surface area contributed by atoms with Crippen LogP contribution in [0.15, 0.2) is 48.0 Å². The van der Waals surface area contributed by atoms with E-state index >= 15 is 0 Å². The van der Waals surface area contributed by atoms with Crippen LogP contribution in [0.4, 0.5) is 0 Å². The van der Waals surface area contributed by atoms with Crippen LogP contribution in [-0.2, 0) is 15.0 Å². The number of methoxy groups -OCH3 is 1. The van der Waals surface area contributed by atoms with Crippen LogP contribution >= 0.6 is 0 Å². The van der Waals surface area contributed by atoms with Crippen molar-refractivity contribution >= 4 is 17.4 Å². The standard InChI is InChI=1S/C30H39NO5/c1-7-9-10-18-36-22-14-11-20(12-15-22)26-25(28(33)29(34)31(26)17-8-2)27(32)23-19-21(30(3,4)5)13-16-24(23)35-6/h11-16,19,26,32H,7-10,17-18H2,1-6H3/b27-25+. The van der Waals surface area contributed by atoms with E-state index in [1.165, 1.54) is 7.11 Å². The predicted octanol–water partition coefficient (Wildman–Crippen LogP) is 6.39. The minimum atomic E-state index is -0.693. The lowest BCUT2D eigenvalue weighted by Gasteiger charge is -2.25. The molecule has 1 N–H and O–H groups in total. The summed E-state index contributed by atoms with van der Waals surface area (Å²) in [6, 6.07) is 12.3. The number of aliphatic hydroxyl groups is 1. The minimum absolute atomic E-state index is 0.0782. The number of ketones is 1. The Balaban J connectivity index is 2.09. The van der Waals surface area contributed by atoms with Crippen molar-refractivity contribution in [3.05, 3.63) is 64.7 Å². The second-order valence-electron chi connectivity index (χ2n) is 10.3. The van der Waals surface area contributed by atoms with Crippen molar-refractivity contribution in [2.45, 2.75) is 71.8 Å². The third-order valence-corrected chi connectivity index (χ3v) is 6.54. The lowest BCUT2D eigenvalue weighted by molar-refractivity contribution is -0.139. The second-order valence-corrected chi connectivity index (χ2v) is 10.3. The highest BCUT2D eigenvalue weighted by Crippen LogP contribution is 2.42. The van der Waals surface area contributed by atoms with Gasteiger partial charge < -0.3 is 19.5 Å². The van der Waals surface area contributed by atoms with E-state index in [0.29, 0.717) is 30.9 Å². The number of benzene rings is 2. The van der Waals surface area contributed by atoms with E-state index in [1.807, 2.05) is 43.3 Å². The molecule has 36 heavy (non-hydrogen) atoms. The predicted molar refractivity (Wildman–Crippen MR) is 142 cm³/mol. The highest BCUT2D eigenvalue weighted by atomic mass is 16.5. The highest BCUT2D eigenvalue weighted by molar-refractivity contribution is 6.46. The van der Waals surface area contributed by atoms with E-state index in [1.54, 1.807) is 11.0 Å². The number of rotatable bonds is 10. The van der Waals surface area contributed by atoms with Crippen LogP contribution in [0, 0.1) is 0 Å². The van der Waals surface area contributed by atoms with Crippen molar-refractivity contribution in [3.63, 3.8) is 0 Å². The number of ether oxygens (including phenoxy) is 2. The molecule has 0 aliphatic carbocycles. The van der Waals surface area contributed by atoms with Gasteiger partial charge in [0.15, 0.2) is 0 Å². The molecule has 194 valence electrons. The van der Waals surface area contributed by atoms with Crippen molar-refractivity contribution in [2.75, 3.05) is 20.3 Å². The molecule has 1 amide bonds. The van der Waals surface area contributed by atoms with E-state index in [0.717, 1.165) is 36.1 Å². The van der Waals surface area contributed by atoms with Crippen molar-refractivity contribution in [1.29, 1.82) is 0 Å². The molecule has 2 aromatic carbocycles. The number of hydrogen-bond acceptors (Lipinski definition) is 5. The van der Waals surface area contributed by atoms with Crippen LogP contribution in [0.1, 0.15) is 83.0 Å². The summed E-state index contributed by atoms with van der Waals surface area (Å²) in [6.45, 7) is 11.4. The number of hydrogen-bond donors (Lipinski definition) is 1. The molecule has 1 fully saturated rings. The van der Waals surface area contributed by atoms with E-state index in [9.17, 15) is 14.7 Å². The molecule has 1 aliphatic heterocycles. The van der Waals surface area contributed by atoms with Gasteiger partial charge in [-0.05, 0) is 53.6 Å². The number of amides is 1. The Morgan fingerprint density at radius 2 is 1.69 bits per heavy atom. The van der Waals surface area contributed by atoms with Gasteiger partial charge >= 0.3 is 0 Å². The summed E-state index contributed by atoms with van der Waals surface area (Å²) < 4.78 is 11.4. The fourth-order valence-electron chi connectivity index (χ4n) is 4.49. The van der Waals surface area contributed by atoms with Crippen molar-refractivity contribution in [1.82, 2.24) is 4.90 Å². The molecular weight excluding hydrogens is 454 g/mol. The Bertz CT molecular complexity index is 1110. The molecule has 1 saturated heterocycles. The third kappa shape index (κ3) is 5.75. The first-order chi connectivity index (χ1) is 17.1. The maximum Gasteiger partial charge on any atom is 0.295 e. The topological polar surface area (TPSA) is 76.1 Å². The molecule has 0 spiro atoms. The molecule has 2 aromatic rings. The summed E-state index contributed by atoms with van der Waals surface area (Å²) in [4.78, 5) is 27.9. The maximum atomic E-state index is 13.3. The van der Waals surface area contributed by atoms with E-state index in [2.05, 4.69) is 27.7 Å². The fourth-order valence-corrected chi connectivity index (χ4v) is 4.49. The summed E-state index contributed by atoms with van der Waals surface area (Å²) >= 11 is 0. The van der Waals surface area contributed by atoms with Crippen LogP contribution in [-0.4, -0.2) is 42.0 Å². The number of nitrogens with zero attached hydrogens (tertiary/aromatic N) is 1. The van der Waals surface area contributed by atoms with E-state index in [4.69, 9.17) is 9.47 Å². The van der Waals surface area contributed by atoms with Gasteiger partial charge in [-0.1, -0.05) is 65.7 Å². The van der Waals surface area contributed by atoms with Gasteiger partial charge in [0, 0.05) is 6.54 Å². The first-order valence-electron chi connectivity index (χ1n) is 12.8. The van der Waals surface area contributed by atoms with E-state index in [-0.39, 0.29) is 16.7 Å². The van der Waals surface area contributed by atoms with Gasteiger partial charge in [-0.2, -0.15) is 0 Å². The Morgan fingerprint density at radius 1 is 1.00 bits per heavy atom. The summed E-state index contributed by atoms with van der Waals surface area (Å²) in [7, 11) is 1.52. The van der Waals surface area contributed by atoms with Gasteiger partial charge in [-0.15, -0.1) is 0 Å². The number of aliphatic hydroxyl groups excluding tert-OH is 1. The average Bonchev–Trinajstić information content (AvgIpc) is 3.11. The number of likely N-dealkylation sites (tertiary alicyclic amines) is 1. The van der Waals surface area contributed by atoms with Crippen LogP contribution in [0.3, 0.4) is 0 Å². The zero-order chi connectivity index (χ0) is 26.5. The van der Waals surface area contributed by atoms with Crippen molar-refractivity contribution in [3.8, 4) is 11.5 Å². The van der Waals surface area contributed by atoms with Crippen molar-refractivity contribution < 1.29 is 24.2 Å². The third-order valence-electron chi connectivity index (χ3n) is 6.54. The summed E-state index contributed by atoms with van der Waals surface area (Å²) in [5, 5.41) is 11.5. The average molecular weight is 494 g/mol. The monoisotopic (exact) mass is 493 g/mol. The first-order valence-corrected chi connectivity index (χ1v) is 12.8. The molecule has 1 heterocycles. The van der Waals surface area contributed by atoms with Gasteiger partial charge in [0.25, 0.3) is 11.7 Å². The number of carbonyl (C=O) groups is 2. The zero-order valence-electron chi connectivity index (χ0n) is 22.4. The Labute approximate surface area is 214 Å². The van der Waals surface area contributed by atoms with Gasteiger partial charge in [-0.3, -0.25) is 9.59 Å². The molecule has 0 saturated carbocycles. The van der Waals surface area contributed by atoms with Crippen LogP contribution in [0.5, 0.6) is 11.5 Å². The molecule has 0 radical (unpaired) electrons. The van der Waals surface area contributed by atoms with E-state index < -0.39 is 17.7 Å². The Hall–Kier alpha value is -3.28. The summed E-state index contributed by atoms with van der Waals surface area (Å²) in [5.41, 5.74) is 2.03. The molecule has 1 unspecified atom stereocenters. The lowest BCUT2D eigenvalue weighted by atomic mass is 9.85. The van der Waals surface area contributed by atoms with Crippen LogP contribution in [0.25, 0.3) is 5.76 Å². The maximum absolute atomic E-state index is 13.3. The smallest absolute Gasteiger partial charge is 0.295 e. The van der Waals surface area contributed by atoms with Crippen LogP contribution in [0.2, 0.25) is 0 Å². The number of unbranched alkanes of at least 4 members (excludes halogenated alkanes) is 2. The Morgan fingerprint density at radius 3 is 2.28 bits per heavy atom. The van der Waals surface area contributed by atoms with Crippen molar-refractivity contribution in [2.24, 2.45) is 0 Å². The first kappa shape index (κ1) is 27.3. The summed E-state index contributed by atoms with van der Waals surface area (Å²) in [6.07, 6.45) is 3.92. The molecule has 6 heteroatoms. The summed E-state index contributed by atoms with van der Waals surface area (Å²) in [5.74, 6) is -0.332. The molecule has 1 aliphatic rings.